The topological polar surface area (TPSA) is 29.1 Å². The molecule has 0 aliphatic heterocycles. The molecule has 0 heterocycles. The zero-order valence-electron chi connectivity index (χ0n) is 11.6. The molecule has 1 aliphatic carbocycles. The van der Waals surface area contributed by atoms with E-state index in [0.717, 1.165) is 11.4 Å². The van der Waals surface area contributed by atoms with Gasteiger partial charge >= 0.3 is 0 Å². The summed E-state index contributed by atoms with van der Waals surface area (Å²) in [5, 5.41) is 3.09. The van der Waals surface area contributed by atoms with Gasteiger partial charge in [-0.1, -0.05) is 37.5 Å². The monoisotopic (exact) mass is 277 g/mol. The van der Waals surface area contributed by atoms with E-state index in [1.807, 2.05) is 25.1 Å². The number of carbonyl (C=O) groups excluding carboxylic acids is 1. The fourth-order valence-electron chi connectivity index (χ4n) is 2.54. The van der Waals surface area contributed by atoms with Crippen molar-refractivity contribution in [3.8, 4) is 0 Å². The lowest BCUT2D eigenvalue weighted by Gasteiger charge is -2.22. The molecule has 1 fully saturated rings. The average molecular weight is 277 g/mol. The molecule has 1 aliphatic rings. The number of hydrogen-bond acceptors (Lipinski definition) is 2. The van der Waals surface area contributed by atoms with Crippen LogP contribution in [0.1, 0.15) is 39.0 Å². The highest BCUT2D eigenvalue weighted by Crippen LogP contribution is 2.24. The Hall–Kier alpha value is -0.960. The molecule has 0 bridgehead atoms. The predicted molar refractivity (Wildman–Crippen MR) is 81.3 cm³/mol. The summed E-state index contributed by atoms with van der Waals surface area (Å²) < 4.78 is 0. The van der Waals surface area contributed by atoms with E-state index in [1.54, 1.807) is 11.8 Å². The normalized spacial score (nSPS) is 17.9. The van der Waals surface area contributed by atoms with Crippen LogP contribution in [0, 0.1) is 5.92 Å². The SMILES string of the molecule is C[C@@H](Sc1ccccc1)C(=O)NCC1CCCCC1. The van der Waals surface area contributed by atoms with Crippen LogP contribution in [0.3, 0.4) is 0 Å². The molecule has 0 saturated heterocycles. The van der Waals surface area contributed by atoms with Gasteiger partial charge in [0, 0.05) is 11.4 Å². The molecule has 0 aromatic heterocycles. The smallest absolute Gasteiger partial charge is 0.233 e. The Morgan fingerprint density at radius 3 is 2.63 bits per heavy atom. The van der Waals surface area contributed by atoms with Crippen LogP contribution in [0.5, 0.6) is 0 Å². The van der Waals surface area contributed by atoms with Crippen molar-refractivity contribution in [3.63, 3.8) is 0 Å². The highest BCUT2D eigenvalue weighted by molar-refractivity contribution is 8.00. The molecule has 0 radical (unpaired) electrons. The number of carbonyl (C=O) groups is 1. The average Bonchev–Trinajstić information content (AvgIpc) is 2.47. The van der Waals surface area contributed by atoms with E-state index in [2.05, 4.69) is 17.4 Å². The molecule has 1 saturated carbocycles. The number of thioether (sulfide) groups is 1. The van der Waals surface area contributed by atoms with Gasteiger partial charge in [0.1, 0.15) is 0 Å². The van der Waals surface area contributed by atoms with Gasteiger partial charge in [0.2, 0.25) is 5.91 Å². The fraction of sp³-hybridized carbons (Fsp3) is 0.562. The third kappa shape index (κ3) is 4.90. The molecular formula is C16H23NOS. The number of hydrogen-bond donors (Lipinski definition) is 1. The van der Waals surface area contributed by atoms with E-state index in [4.69, 9.17) is 0 Å². The molecule has 1 aromatic rings. The van der Waals surface area contributed by atoms with Crippen molar-refractivity contribution in [2.75, 3.05) is 6.54 Å². The van der Waals surface area contributed by atoms with Gasteiger partial charge in [-0.3, -0.25) is 4.79 Å². The summed E-state index contributed by atoms with van der Waals surface area (Å²) >= 11 is 1.63. The summed E-state index contributed by atoms with van der Waals surface area (Å²) in [6, 6.07) is 10.1. The van der Waals surface area contributed by atoms with Gasteiger partial charge in [0.15, 0.2) is 0 Å². The second kappa shape index (κ2) is 7.59. The van der Waals surface area contributed by atoms with Crippen LogP contribution in [-0.2, 0) is 4.79 Å². The summed E-state index contributed by atoms with van der Waals surface area (Å²) in [4.78, 5) is 13.2. The minimum atomic E-state index is -0.0222. The van der Waals surface area contributed by atoms with Crippen molar-refractivity contribution in [2.45, 2.75) is 49.2 Å². The molecule has 19 heavy (non-hydrogen) atoms. The third-order valence-corrected chi connectivity index (χ3v) is 4.83. The van der Waals surface area contributed by atoms with Gasteiger partial charge in [-0.15, -0.1) is 11.8 Å². The zero-order chi connectivity index (χ0) is 13.5. The van der Waals surface area contributed by atoms with Gasteiger partial charge in [-0.2, -0.15) is 0 Å². The van der Waals surface area contributed by atoms with Crippen LogP contribution in [0.15, 0.2) is 35.2 Å². The van der Waals surface area contributed by atoms with Gasteiger partial charge < -0.3 is 5.32 Å². The van der Waals surface area contributed by atoms with Gasteiger partial charge in [-0.05, 0) is 37.8 Å². The quantitative estimate of drug-likeness (QED) is 0.828. The molecule has 1 N–H and O–H groups in total. The first-order valence-corrected chi connectivity index (χ1v) is 8.13. The minimum Gasteiger partial charge on any atom is -0.355 e. The standard InChI is InChI=1S/C16H23NOS/c1-13(19-15-10-6-3-7-11-15)16(18)17-12-14-8-4-2-5-9-14/h3,6-7,10-11,13-14H,2,4-5,8-9,12H2,1H3,(H,17,18)/t13-/m1/s1. The van der Waals surface area contributed by atoms with Crippen molar-refractivity contribution in [2.24, 2.45) is 5.92 Å². The third-order valence-electron chi connectivity index (χ3n) is 3.72. The van der Waals surface area contributed by atoms with Crippen LogP contribution in [-0.4, -0.2) is 17.7 Å². The minimum absolute atomic E-state index is 0.0222. The molecule has 2 rings (SSSR count). The Balaban J connectivity index is 1.73. The second-order valence-electron chi connectivity index (χ2n) is 5.32. The van der Waals surface area contributed by atoms with Crippen LogP contribution >= 0.6 is 11.8 Å². The van der Waals surface area contributed by atoms with Gasteiger partial charge in [0.25, 0.3) is 0 Å². The maximum absolute atomic E-state index is 12.1. The summed E-state index contributed by atoms with van der Waals surface area (Å²) in [5.74, 6) is 0.867. The van der Waals surface area contributed by atoms with Crippen LogP contribution in [0.25, 0.3) is 0 Å². The van der Waals surface area contributed by atoms with Crippen molar-refractivity contribution in [3.05, 3.63) is 30.3 Å². The summed E-state index contributed by atoms with van der Waals surface area (Å²) in [5.41, 5.74) is 0. The lowest BCUT2D eigenvalue weighted by atomic mass is 9.89. The molecule has 1 atom stereocenters. The molecule has 1 aromatic carbocycles. The maximum Gasteiger partial charge on any atom is 0.233 e. The number of rotatable bonds is 5. The van der Waals surface area contributed by atoms with Crippen molar-refractivity contribution < 1.29 is 4.79 Å². The molecule has 1 amide bonds. The molecule has 104 valence electrons. The molecular weight excluding hydrogens is 254 g/mol. The Morgan fingerprint density at radius 2 is 1.95 bits per heavy atom. The lowest BCUT2D eigenvalue weighted by Crippen LogP contribution is -2.35. The van der Waals surface area contributed by atoms with E-state index in [1.165, 1.54) is 32.1 Å². The lowest BCUT2D eigenvalue weighted by molar-refractivity contribution is -0.120. The summed E-state index contributed by atoms with van der Waals surface area (Å²) in [6.07, 6.45) is 6.58. The Kier molecular flexibility index (Phi) is 5.77. The van der Waals surface area contributed by atoms with E-state index in [9.17, 15) is 4.79 Å². The van der Waals surface area contributed by atoms with Crippen LogP contribution in [0.2, 0.25) is 0 Å². The Bertz CT molecular complexity index is 387. The van der Waals surface area contributed by atoms with Crippen molar-refractivity contribution >= 4 is 17.7 Å². The summed E-state index contributed by atoms with van der Waals surface area (Å²) in [6.45, 7) is 2.84. The number of benzene rings is 1. The van der Waals surface area contributed by atoms with Crippen molar-refractivity contribution in [1.82, 2.24) is 5.32 Å². The van der Waals surface area contributed by atoms with Gasteiger partial charge in [-0.25, -0.2) is 0 Å². The van der Waals surface area contributed by atoms with E-state index >= 15 is 0 Å². The fourth-order valence-corrected chi connectivity index (χ4v) is 3.45. The zero-order valence-corrected chi connectivity index (χ0v) is 12.4. The maximum atomic E-state index is 12.1. The van der Waals surface area contributed by atoms with E-state index < -0.39 is 0 Å². The molecule has 2 nitrogen and oxygen atoms in total. The number of amides is 1. The first kappa shape index (κ1) is 14.4. The highest BCUT2D eigenvalue weighted by Gasteiger charge is 2.17. The Morgan fingerprint density at radius 1 is 1.26 bits per heavy atom. The van der Waals surface area contributed by atoms with Crippen molar-refractivity contribution in [1.29, 1.82) is 0 Å². The second-order valence-corrected chi connectivity index (χ2v) is 6.74. The largest absolute Gasteiger partial charge is 0.355 e. The molecule has 3 heteroatoms. The predicted octanol–water partition coefficient (Wildman–Crippen LogP) is 3.86. The number of nitrogens with one attached hydrogen (secondary N) is 1. The summed E-state index contributed by atoms with van der Waals surface area (Å²) in [7, 11) is 0. The van der Waals surface area contributed by atoms with Crippen LogP contribution < -0.4 is 5.32 Å². The first-order valence-electron chi connectivity index (χ1n) is 7.25. The molecule has 0 spiro atoms. The van der Waals surface area contributed by atoms with E-state index in [-0.39, 0.29) is 11.2 Å². The van der Waals surface area contributed by atoms with E-state index in [0.29, 0.717) is 5.92 Å². The highest BCUT2D eigenvalue weighted by atomic mass is 32.2. The Labute approximate surface area is 120 Å². The first-order chi connectivity index (χ1) is 9.25. The molecule has 0 unspecified atom stereocenters. The van der Waals surface area contributed by atoms with Gasteiger partial charge in [0.05, 0.1) is 5.25 Å². The van der Waals surface area contributed by atoms with Crippen LogP contribution in [0.4, 0.5) is 0 Å².